The molecule has 0 radical (unpaired) electrons. The Hall–Kier alpha value is -3.48. The Morgan fingerprint density at radius 1 is 0.938 bits per heavy atom. The molecule has 3 rings (SSSR count). The van der Waals surface area contributed by atoms with Crippen LogP contribution in [-0.2, 0) is 9.59 Å². The second-order valence-corrected chi connectivity index (χ2v) is 8.18. The van der Waals surface area contributed by atoms with Crippen LogP contribution in [0.1, 0.15) is 58.9 Å². The highest BCUT2D eigenvalue weighted by molar-refractivity contribution is 5.98. The maximum Gasteiger partial charge on any atom is 0.251 e. The molecule has 0 unspecified atom stereocenters. The first kappa shape index (κ1) is 23.2. The smallest absolute Gasteiger partial charge is 0.251 e. The maximum atomic E-state index is 12.6. The van der Waals surface area contributed by atoms with E-state index in [0.717, 1.165) is 5.56 Å². The standard InChI is InChI=1S/C25H29N3O4/c1-17-6-8-19(9-7-17)23(30)10-11-24(31)28-14-12-21(13-15-28)27-25(32)20-4-3-5-22(16-20)26-18(2)29/h3-9,16,21H,10-15H2,1-2H3,(H,26,29)(H,27,32). The summed E-state index contributed by atoms with van der Waals surface area (Å²) in [5.41, 5.74) is 2.77. The molecule has 2 N–H and O–H groups in total. The van der Waals surface area contributed by atoms with Gasteiger partial charge in [-0.05, 0) is 38.0 Å². The van der Waals surface area contributed by atoms with Gasteiger partial charge in [0, 0.05) is 55.7 Å². The van der Waals surface area contributed by atoms with E-state index in [1.54, 1.807) is 41.3 Å². The summed E-state index contributed by atoms with van der Waals surface area (Å²) in [5.74, 6) is -0.453. The van der Waals surface area contributed by atoms with Crippen LogP contribution < -0.4 is 10.6 Å². The minimum Gasteiger partial charge on any atom is -0.349 e. The van der Waals surface area contributed by atoms with Gasteiger partial charge in [-0.25, -0.2) is 0 Å². The number of rotatable bonds is 7. The molecule has 1 aliphatic heterocycles. The number of amides is 3. The summed E-state index contributed by atoms with van der Waals surface area (Å²) < 4.78 is 0. The Morgan fingerprint density at radius 3 is 2.28 bits per heavy atom. The van der Waals surface area contributed by atoms with Crippen LogP contribution in [-0.4, -0.2) is 47.5 Å². The number of aryl methyl sites for hydroxylation is 1. The molecule has 0 saturated carbocycles. The lowest BCUT2D eigenvalue weighted by Crippen LogP contribution is -2.46. The van der Waals surface area contributed by atoms with Gasteiger partial charge >= 0.3 is 0 Å². The van der Waals surface area contributed by atoms with Crippen LogP contribution in [0.4, 0.5) is 5.69 Å². The van der Waals surface area contributed by atoms with Crippen LogP contribution in [0, 0.1) is 6.92 Å². The number of carbonyl (C=O) groups excluding carboxylic acids is 4. The first-order chi connectivity index (χ1) is 15.3. The summed E-state index contributed by atoms with van der Waals surface area (Å²) in [4.78, 5) is 50.3. The SMILES string of the molecule is CC(=O)Nc1cccc(C(=O)NC2CCN(C(=O)CCC(=O)c3ccc(C)cc3)CC2)c1. The third-order valence-electron chi connectivity index (χ3n) is 5.57. The number of hydrogen-bond donors (Lipinski definition) is 2. The van der Waals surface area contributed by atoms with E-state index in [9.17, 15) is 19.2 Å². The lowest BCUT2D eigenvalue weighted by atomic mass is 10.0. The van der Waals surface area contributed by atoms with Crippen molar-refractivity contribution in [3.05, 3.63) is 65.2 Å². The summed E-state index contributed by atoms with van der Waals surface area (Å²) in [6, 6.07) is 14.1. The lowest BCUT2D eigenvalue weighted by molar-refractivity contribution is -0.132. The van der Waals surface area contributed by atoms with Crippen molar-refractivity contribution in [3.63, 3.8) is 0 Å². The minimum atomic E-state index is -0.203. The first-order valence-electron chi connectivity index (χ1n) is 10.9. The highest BCUT2D eigenvalue weighted by Gasteiger charge is 2.24. The van der Waals surface area contributed by atoms with Gasteiger partial charge in [0.05, 0.1) is 0 Å². The normalized spacial score (nSPS) is 14.0. The van der Waals surface area contributed by atoms with E-state index in [1.807, 2.05) is 19.1 Å². The number of ketones is 1. The second-order valence-electron chi connectivity index (χ2n) is 8.18. The van der Waals surface area contributed by atoms with E-state index in [0.29, 0.717) is 42.7 Å². The molecule has 168 valence electrons. The summed E-state index contributed by atoms with van der Waals surface area (Å²) in [6.45, 7) is 4.48. The quantitative estimate of drug-likeness (QED) is 0.652. The molecule has 0 spiro atoms. The van der Waals surface area contributed by atoms with Gasteiger partial charge in [-0.15, -0.1) is 0 Å². The van der Waals surface area contributed by atoms with E-state index >= 15 is 0 Å². The maximum absolute atomic E-state index is 12.6. The molecule has 2 aromatic rings. The third-order valence-corrected chi connectivity index (χ3v) is 5.57. The lowest BCUT2D eigenvalue weighted by Gasteiger charge is -2.32. The Labute approximate surface area is 188 Å². The van der Waals surface area contributed by atoms with Gasteiger partial charge in [0.1, 0.15) is 0 Å². The Kier molecular flexibility index (Phi) is 7.76. The van der Waals surface area contributed by atoms with E-state index in [-0.39, 0.29) is 42.4 Å². The molecule has 0 atom stereocenters. The molecule has 7 nitrogen and oxygen atoms in total. The van der Waals surface area contributed by atoms with E-state index in [1.165, 1.54) is 6.92 Å². The zero-order valence-electron chi connectivity index (χ0n) is 18.5. The Morgan fingerprint density at radius 2 is 1.62 bits per heavy atom. The average Bonchev–Trinajstić information content (AvgIpc) is 2.78. The molecule has 1 fully saturated rings. The number of anilines is 1. The van der Waals surface area contributed by atoms with Crippen LogP contribution in [0.25, 0.3) is 0 Å². The first-order valence-corrected chi connectivity index (χ1v) is 10.9. The average molecular weight is 436 g/mol. The fraction of sp³-hybridized carbons (Fsp3) is 0.360. The van der Waals surface area contributed by atoms with E-state index in [2.05, 4.69) is 10.6 Å². The highest BCUT2D eigenvalue weighted by atomic mass is 16.2. The second kappa shape index (κ2) is 10.7. The topological polar surface area (TPSA) is 95.6 Å². The van der Waals surface area contributed by atoms with Crippen molar-refractivity contribution < 1.29 is 19.2 Å². The Bertz CT molecular complexity index is 993. The monoisotopic (exact) mass is 435 g/mol. The molecular formula is C25H29N3O4. The fourth-order valence-electron chi connectivity index (χ4n) is 3.75. The number of nitrogens with one attached hydrogen (secondary N) is 2. The number of likely N-dealkylation sites (tertiary alicyclic amines) is 1. The van der Waals surface area contributed by atoms with Crippen LogP contribution >= 0.6 is 0 Å². The van der Waals surface area contributed by atoms with Crippen molar-refractivity contribution in [1.29, 1.82) is 0 Å². The summed E-state index contributed by atoms with van der Waals surface area (Å²) in [6.07, 6.45) is 1.71. The number of nitrogens with zero attached hydrogens (tertiary/aromatic N) is 1. The van der Waals surface area contributed by atoms with Gasteiger partial charge < -0.3 is 15.5 Å². The van der Waals surface area contributed by atoms with Crippen molar-refractivity contribution in [3.8, 4) is 0 Å². The van der Waals surface area contributed by atoms with Crippen molar-refractivity contribution >= 4 is 29.2 Å². The van der Waals surface area contributed by atoms with Crippen molar-refractivity contribution in [2.24, 2.45) is 0 Å². The summed E-state index contributed by atoms with van der Waals surface area (Å²) in [7, 11) is 0. The summed E-state index contributed by atoms with van der Waals surface area (Å²) >= 11 is 0. The largest absolute Gasteiger partial charge is 0.349 e. The van der Waals surface area contributed by atoms with E-state index < -0.39 is 0 Å². The third kappa shape index (κ3) is 6.51. The molecule has 2 aromatic carbocycles. The molecule has 7 heteroatoms. The van der Waals surface area contributed by atoms with Gasteiger partial charge in [-0.3, -0.25) is 19.2 Å². The van der Waals surface area contributed by atoms with Crippen LogP contribution in [0.15, 0.2) is 48.5 Å². The molecular weight excluding hydrogens is 406 g/mol. The van der Waals surface area contributed by atoms with Gasteiger partial charge in [-0.2, -0.15) is 0 Å². The van der Waals surface area contributed by atoms with Crippen LogP contribution in [0.5, 0.6) is 0 Å². The van der Waals surface area contributed by atoms with Crippen LogP contribution in [0.2, 0.25) is 0 Å². The zero-order chi connectivity index (χ0) is 23.1. The molecule has 32 heavy (non-hydrogen) atoms. The predicted octanol–water partition coefficient (Wildman–Crippen LogP) is 3.34. The van der Waals surface area contributed by atoms with Crippen LogP contribution in [0.3, 0.4) is 0 Å². The van der Waals surface area contributed by atoms with Crippen molar-refractivity contribution in [2.75, 3.05) is 18.4 Å². The fourth-order valence-corrected chi connectivity index (χ4v) is 3.75. The van der Waals surface area contributed by atoms with Gasteiger partial charge in [0.15, 0.2) is 5.78 Å². The molecule has 1 saturated heterocycles. The molecule has 0 aromatic heterocycles. The zero-order valence-corrected chi connectivity index (χ0v) is 18.5. The molecule has 1 heterocycles. The van der Waals surface area contributed by atoms with Gasteiger partial charge in [-0.1, -0.05) is 35.9 Å². The minimum absolute atomic E-state index is 0.0230. The Balaban J connectivity index is 1.44. The van der Waals surface area contributed by atoms with Gasteiger partial charge in [0.2, 0.25) is 11.8 Å². The van der Waals surface area contributed by atoms with E-state index in [4.69, 9.17) is 0 Å². The molecule has 3 amide bonds. The number of hydrogen-bond acceptors (Lipinski definition) is 4. The number of benzene rings is 2. The number of carbonyl (C=O) groups is 4. The number of piperidine rings is 1. The van der Waals surface area contributed by atoms with Crippen molar-refractivity contribution in [2.45, 2.75) is 45.6 Å². The molecule has 0 bridgehead atoms. The highest BCUT2D eigenvalue weighted by Crippen LogP contribution is 2.16. The van der Waals surface area contributed by atoms with Crippen molar-refractivity contribution in [1.82, 2.24) is 10.2 Å². The number of Topliss-reactive ketones (excluding diaryl/α,β-unsaturated/α-hetero) is 1. The van der Waals surface area contributed by atoms with Gasteiger partial charge in [0.25, 0.3) is 5.91 Å². The molecule has 0 aliphatic carbocycles. The predicted molar refractivity (Wildman–Crippen MR) is 123 cm³/mol. The molecule has 1 aliphatic rings. The summed E-state index contributed by atoms with van der Waals surface area (Å²) in [5, 5.41) is 5.68.